The zero-order valence-electron chi connectivity index (χ0n) is 13.7. The second-order valence-electron chi connectivity index (χ2n) is 5.78. The first-order chi connectivity index (χ1) is 11.7. The van der Waals surface area contributed by atoms with Gasteiger partial charge in [0.2, 0.25) is 5.91 Å². The zero-order valence-corrected chi connectivity index (χ0v) is 14.5. The number of carbonyl (C=O) groups excluding carboxylic acids is 1. The first-order valence-corrected chi connectivity index (χ1v) is 9.14. The van der Waals surface area contributed by atoms with Crippen LogP contribution >= 0.6 is 11.8 Å². The third-order valence-corrected chi connectivity index (χ3v) is 4.72. The van der Waals surface area contributed by atoms with Crippen LogP contribution in [0.25, 0.3) is 0 Å². The molecular formula is C19H21NO3S. The highest BCUT2D eigenvalue weighted by atomic mass is 32.2. The van der Waals surface area contributed by atoms with Crippen molar-refractivity contribution < 1.29 is 14.3 Å². The van der Waals surface area contributed by atoms with Crippen LogP contribution in [-0.2, 0) is 10.5 Å². The van der Waals surface area contributed by atoms with Crippen molar-refractivity contribution in [2.75, 3.05) is 18.9 Å². The Bertz CT molecular complexity index is 687. The Morgan fingerprint density at radius 2 is 1.92 bits per heavy atom. The maximum absolute atomic E-state index is 11.9. The largest absolute Gasteiger partial charge is 0.486 e. The number of hydrogen-bond donors (Lipinski definition) is 1. The van der Waals surface area contributed by atoms with E-state index in [0.717, 1.165) is 17.3 Å². The first kappa shape index (κ1) is 16.7. The van der Waals surface area contributed by atoms with E-state index in [0.29, 0.717) is 18.9 Å². The molecule has 0 aliphatic carbocycles. The molecule has 1 aliphatic heterocycles. The van der Waals surface area contributed by atoms with Gasteiger partial charge in [-0.15, -0.1) is 11.8 Å². The molecule has 2 aromatic rings. The Morgan fingerprint density at radius 1 is 1.17 bits per heavy atom. The van der Waals surface area contributed by atoms with E-state index >= 15 is 0 Å². The molecule has 5 heteroatoms. The average Bonchev–Trinajstić information content (AvgIpc) is 2.61. The Labute approximate surface area is 146 Å². The number of thioether (sulfide) groups is 1. The Kier molecular flexibility index (Phi) is 5.64. The summed E-state index contributed by atoms with van der Waals surface area (Å²) in [6.45, 7) is 2.98. The summed E-state index contributed by atoms with van der Waals surface area (Å²) in [7, 11) is 0. The number of amides is 1. The third kappa shape index (κ3) is 4.68. The van der Waals surface area contributed by atoms with Gasteiger partial charge < -0.3 is 14.8 Å². The van der Waals surface area contributed by atoms with Gasteiger partial charge in [0.25, 0.3) is 0 Å². The van der Waals surface area contributed by atoms with Gasteiger partial charge in [-0.25, -0.2) is 0 Å². The average molecular weight is 343 g/mol. The van der Waals surface area contributed by atoms with Gasteiger partial charge in [-0.3, -0.25) is 4.79 Å². The van der Waals surface area contributed by atoms with Crippen LogP contribution in [0.3, 0.4) is 0 Å². The Balaban J connectivity index is 1.36. The maximum Gasteiger partial charge on any atom is 0.230 e. The van der Waals surface area contributed by atoms with E-state index in [2.05, 4.69) is 36.5 Å². The van der Waals surface area contributed by atoms with Gasteiger partial charge in [0.1, 0.15) is 12.7 Å². The first-order valence-electron chi connectivity index (χ1n) is 7.99. The Hall–Kier alpha value is -2.14. The van der Waals surface area contributed by atoms with E-state index in [-0.39, 0.29) is 12.0 Å². The summed E-state index contributed by atoms with van der Waals surface area (Å²) in [6, 6.07) is 16.0. The normalized spacial score (nSPS) is 15.8. The molecule has 2 aromatic carbocycles. The minimum atomic E-state index is -0.147. The van der Waals surface area contributed by atoms with E-state index in [9.17, 15) is 4.79 Å². The molecule has 24 heavy (non-hydrogen) atoms. The molecule has 0 aromatic heterocycles. The highest BCUT2D eigenvalue weighted by Gasteiger charge is 2.20. The van der Waals surface area contributed by atoms with Crippen molar-refractivity contribution in [1.29, 1.82) is 0 Å². The fourth-order valence-corrected chi connectivity index (χ4v) is 3.21. The van der Waals surface area contributed by atoms with Crippen LogP contribution in [0.2, 0.25) is 0 Å². The highest BCUT2D eigenvalue weighted by Crippen LogP contribution is 2.30. The SMILES string of the molecule is Cc1ccc(CSCC(=O)NC[C@@H]2COc3ccccc3O2)cc1. The predicted molar refractivity (Wildman–Crippen MR) is 96.7 cm³/mol. The molecule has 126 valence electrons. The van der Waals surface area contributed by atoms with Gasteiger partial charge >= 0.3 is 0 Å². The van der Waals surface area contributed by atoms with Crippen LogP contribution in [0.4, 0.5) is 0 Å². The number of aryl methyl sites for hydroxylation is 1. The molecule has 1 amide bonds. The third-order valence-electron chi connectivity index (χ3n) is 3.72. The van der Waals surface area contributed by atoms with Gasteiger partial charge in [-0.05, 0) is 24.6 Å². The molecule has 1 N–H and O–H groups in total. The maximum atomic E-state index is 11.9. The van der Waals surface area contributed by atoms with Crippen molar-refractivity contribution in [1.82, 2.24) is 5.32 Å². The number of rotatable bonds is 6. The van der Waals surface area contributed by atoms with E-state index in [4.69, 9.17) is 9.47 Å². The lowest BCUT2D eigenvalue weighted by Crippen LogP contribution is -2.41. The molecule has 0 fully saturated rings. The molecule has 4 nitrogen and oxygen atoms in total. The Morgan fingerprint density at radius 3 is 2.71 bits per heavy atom. The second-order valence-corrected chi connectivity index (χ2v) is 6.77. The lowest BCUT2D eigenvalue weighted by Gasteiger charge is -2.26. The standard InChI is InChI=1S/C19H21NO3S/c1-14-6-8-15(9-7-14)12-24-13-19(21)20-10-16-11-22-17-4-2-3-5-18(17)23-16/h2-9,16H,10-13H2,1H3,(H,20,21)/t16-/m1/s1. The number of benzene rings is 2. The minimum Gasteiger partial charge on any atom is -0.486 e. The zero-order chi connectivity index (χ0) is 16.8. The summed E-state index contributed by atoms with van der Waals surface area (Å²) in [6.07, 6.45) is -0.147. The van der Waals surface area contributed by atoms with E-state index in [1.165, 1.54) is 11.1 Å². The smallest absolute Gasteiger partial charge is 0.230 e. The van der Waals surface area contributed by atoms with Crippen molar-refractivity contribution in [2.45, 2.75) is 18.8 Å². The van der Waals surface area contributed by atoms with Crippen LogP contribution in [0.1, 0.15) is 11.1 Å². The number of hydrogen-bond acceptors (Lipinski definition) is 4. The molecule has 1 heterocycles. The van der Waals surface area contributed by atoms with Gasteiger partial charge in [0.15, 0.2) is 11.5 Å². The van der Waals surface area contributed by atoms with E-state index in [1.54, 1.807) is 11.8 Å². The van der Waals surface area contributed by atoms with Gasteiger partial charge in [-0.2, -0.15) is 0 Å². The fraction of sp³-hybridized carbons (Fsp3) is 0.316. The number of nitrogens with one attached hydrogen (secondary N) is 1. The molecular weight excluding hydrogens is 322 g/mol. The molecule has 0 saturated heterocycles. The van der Waals surface area contributed by atoms with Crippen LogP contribution in [0.15, 0.2) is 48.5 Å². The van der Waals surface area contributed by atoms with Crippen molar-refractivity contribution in [2.24, 2.45) is 0 Å². The van der Waals surface area contributed by atoms with Gasteiger partial charge in [0, 0.05) is 5.75 Å². The molecule has 0 saturated carbocycles. The van der Waals surface area contributed by atoms with Crippen LogP contribution in [0.5, 0.6) is 11.5 Å². The van der Waals surface area contributed by atoms with Crippen molar-refractivity contribution in [3.05, 3.63) is 59.7 Å². The molecule has 1 aliphatic rings. The molecule has 3 rings (SSSR count). The predicted octanol–water partition coefficient (Wildman–Crippen LogP) is 3.18. The molecule has 1 atom stereocenters. The van der Waals surface area contributed by atoms with Crippen molar-refractivity contribution >= 4 is 17.7 Å². The van der Waals surface area contributed by atoms with Crippen LogP contribution in [-0.4, -0.2) is 30.9 Å². The fourth-order valence-electron chi connectivity index (χ4n) is 2.39. The summed E-state index contributed by atoms with van der Waals surface area (Å²) < 4.78 is 11.5. The summed E-state index contributed by atoms with van der Waals surface area (Å²) in [5.74, 6) is 2.79. The summed E-state index contributed by atoms with van der Waals surface area (Å²) in [4.78, 5) is 11.9. The van der Waals surface area contributed by atoms with Gasteiger partial charge in [0.05, 0.1) is 12.3 Å². The molecule has 0 spiro atoms. The van der Waals surface area contributed by atoms with E-state index in [1.807, 2.05) is 24.3 Å². The topological polar surface area (TPSA) is 47.6 Å². The highest BCUT2D eigenvalue weighted by molar-refractivity contribution is 7.99. The number of ether oxygens (including phenoxy) is 2. The van der Waals surface area contributed by atoms with Gasteiger partial charge in [-0.1, -0.05) is 42.0 Å². The summed E-state index contributed by atoms with van der Waals surface area (Å²) in [5, 5.41) is 2.91. The number of fused-ring (bicyclic) bond motifs is 1. The van der Waals surface area contributed by atoms with Crippen LogP contribution in [0, 0.1) is 6.92 Å². The number of carbonyl (C=O) groups is 1. The molecule has 0 unspecified atom stereocenters. The molecule has 0 bridgehead atoms. The van der Waals surface area contributed by atoms with Crippen molar-refractivity contribution in [3.63, 3.8) is 0 Å². The quantitative estimate of drug-likeness (QED) is 0.875. The lowest BCUT2D eigenvalue weighted by molar-refractivity contribution is -0.119. The van der Waals surface area contributed by atoms with Crippen molar-refractivity contribution in [3.8, 4) is 11.5 Å². The van der Waals surface area contributed by atoms with E-state index < -0.39 is 0 Å². The van der Waals surface area contributed by atoms with Crippen LogP contribution < -0.4 is 14.8 Å². The lowest BCUT2D eigenvalue weighted by atomic mass is 10.2. The molecule has 0 radical (unpaired) electrons. The number of para-hydroxylation sites is 2. The monoisotopic (exact) mass is 343 g/mol. The summed E-state index contributed by atoms with van der Waals surface area (Å²) >= 11 is 1.61. The summed E-state index contributed by atoms with van der Waals surface area (Å²) in [5.41, 5.74) is 2.48. The minimum absolute atomic E-state index is 0.0228. The second kappa shape index (κ2) is 8.11.